The normalized spacial score (nSPS) is 9.71. The van der Waals surface area contributed by atoms with Gasteiger partial charge >= 0.3 is 35.8 Å². The van der Waals surface area contributed by atoms with Crippen molar-refractivity contribution >= 4 is 35.8 Å². The summed E-state index contributed by atoms with van der Waals surface area (Å²) in [5, 5.41) is 82.7. The van der Waals surface area contributed by atoms with Crippen LogP contribution in [0, 0.1) is 5.41 Å². The van der Waals surface area contributed by atoms with Gasteiger partial charge in [-0.1, -0.05) is 39.2 Å². The van der Waals surface area contributed by atoms with Gasteiger partial charge in [-0.15, -0.1) is 0 Å². The average Bonchev–Trinajstić information content (AvgIpc) is 3.05. The van der Waals surface area contributed by atoms with Crippen molar-refractivity contribution in [2.45, 2.75) is 58.8 Å². The summed E-state index contributed by atoms with van der Waals surface area (Å²) in [6.45, 7) is 3.44. The number of carboxylic acid groups (broad SMARTS) is 6. The highest BCUT2D eigenvalue weighted by molar-refractivity contribution is 5.93. The molecule has 0 unspecified atom stereocenters. The van der Waals surface area contributed by atoms with E-state index in [0.717, 1.165) is 25.3 Å². The van der Waals surface area contributed by atoms with Gasteiger partial charge in [0, 0.05) is 18.3 Å². The first-order chi connectivity index (χ1) is 22.4. The molecule has 0 spiro atoms. The van der Waals surface area contributed by atoms with E-state index in [9.17, 15) is 28.8 Å². The lowest BCUT2D eigenvalue weighted by atomic mass is 9.97. The third kappa shape index (κ3) is 28.6. The zero-order valence-corrected chi connectivity index (χ0v) is 26.8. The molecule has 48 heavy (non-hydrogen) atoms. The van der Waals surface area contributed by atoms with Gasteiger partial charge < -0.3 is 51.1 Å². The Kier molecular flexibility index (Phi) is 28.0. The second kappa shape index (κ2) is 28.3. The molecule has 0 aliphatic rings. The number of carboxylic acids is 6. The van der Waals surface area contributed by atoms with E-state index in [1.54, 1.807) is 13.8 Å². The zero-order chi connectivity index (χ0) is 37.7. The first-order valence-corrected chi connectivity index (χ1v) is 14.4. The molecular weight excluding hydrogens is 640 g/mol. The molecule has 0 bridgehead atoms. The number of hydrogen-bond acceptors (Lipinski definition) is 10. The van der Waals surface area contributed by atoms with Crippen molar-refractivity contribution in [3.63, 3.8) is 0 Å². The quantitative estimate of drug-likeness (QED) is 0.120. The van der Waals surface area contributed by atoms with Gasteiger partial charge in [-0.05, 0) is 55.3 Å². The first-order valence-electron chi connectivity index (χ1n) is 14.4. The molecule has 2 rings (SSSR count). The Hall–Kier alpha value is -4.90. The minimum atomic E-state index is -1.13. The maximum atomic E-state index is 10.4. The molecule has 0 saturated carbocycles. The topological polar surface area (TPSA) is 305 Å². The van der Waals surface area contributed by atoms with E-state index < -0.39 is 35.8 Å². The number of hydrogen-bond donors (Lipinski definition) is 10. The van der Waals surface area contributed by atoms with E-state index in [0.29, 0.717) is 12.8 Å². The number of rotatable bonds is 15. The van der Waals surface area contributed by atoms with Crippen LogP contribution in [0.1, 0.15) is 100 Å². The van der Waals surface area contributed by atoms with Crippen LogP contribution in [-0.2, 0) is 9.59 Å². The molecule has 0 saturated heterocycles. The fraction of sp³-hybridized carbons (Fsp3) is 0.438. The van der Waals surface area contributed by atoms with Crippen molar-refractivity contribution in [1.29, 1.82) is 0 Å². The molecule has 0 heterocycles. The second-order valence-corrected chi connectivity index (χ2v) is 10.4. The summed E-state index contributed by atoms with van der Waals surface area (Å²) in [6, 6.07) is 10.2. The van der Waals surface area contributed by atoms with Crippen molar-refractivity contribution in [2.75, 3.05) is 26.4 Å². The predicted octanol–water partition coefficient (Wildman–Crippen LogP) is 3.02. The summed E-state index contributed by atoms with van der Waals surface area (Å²) >= 11 is 0. The fourth-order valence-electron chi connectivity index (χ4n) is 2.67. The van der Waals surface area contributed by atoms with Crippen LogP contribution in [0.15, 0.2) is 48.5 Å². The number of benzene rings is 2. The molecule has 0 radical (unpaired) electrons. The molecule has 2 aromatic carbocycles. The van der Waals surface area contributed by atoms with Crippen LogP contribution in [-0.4, -0.2) is 113 Å². The number of unbranched alkanes of at least 4 members (excludes halogenated alkanes) is 4. The Morgan fingerprint density at radius 3 is 0.979 bits per heavy atom. The minimum absolute atomic E-state index is 0.0186. The van der Waals surface area contributed by atoms with Crippen molar-refractivity contribution in [2.24, 2.45) is 5.41 Å². The first kappa shape index (κ1) is 47.5. The van der Waals surface area contributed by atoms with Crippen LogP contribution in [0.5, 0.6) is 0 Å². The Labute approximate surface area is 277 Å². The van der Waals surface area contributed by atoms with E-state index in [4.69, 9.17) is 51.1 Å². The molecule has 2 aromatic rings. The van der Waals surface area contributed by atoms with Gasteiger partial charge in [-0.25, -0.2) is 19.2 Å². The number of aliphatic hydroxyl groups is 4. The molecule has 0 aliphatic heterocycles. The standard InChI is InChI=1S/C9H16O4.2C8H6O4.C5H12O2.C2H6O2/c10-8(11)6-4-2-1-3-5-7-9(12)13;9-7(10)5-1-2-6(4-3-5)8(11)12;9-7(10)5-2-1-3-6(4-5)8(11)12;1-5(2,3-6)4-7;3-1-2-4/h1-7H2,(H,10,11)(H,12,13);2*1-4H,(H,9,10)(H,11,12);6-7H,3-4H2,1-2H3;3-4H,1-2H2. The Morgan fingerprint density at radius 2 is 0.771 bits per heavy atom. The fourth-order valence-corrected chi connectivity index (χ4v) is 2.67. The highest BCUT2D eigenvalue weighted by atomic mass is 16.4. The van der Waals surface area contributed by atoms with Gasteiger partial charge in [0.1, 0.15) is 0 Å². The molecule has 0 atom stereocenters. The van der Waals surface area contributed by atoms with E-state index >= 15 is 0 Å². The smallest absolute Gasteiger partial charge is 0.335 e. The van der Waals surface area contributed by atoms with Gasteiger partial charge in [0.25, 0.3) is 0 Å². The number of aliphatic hydroxyl groups excluding tert-OH is 4. The SMILES string of the molecule is CC(C)(CO)CO.O=C(O)CCCCCCCC(=O)O.O=C(O)c1ccc(C(=O)O)cc1.O=C(O)c1cccc(C(=O)O)c1.OCCO. The summed E-state index contributed by atoms with van der Waals surface area (Å²) in [5.41, 5.74) is -0.176. The van der Waals surface area contributed by atoms with Crippen LogP contribution in [0.4, 0.5) is 0 Å². The highest BCUT2D eigenvalue weighted by Crippen LogP contribution is 2.10. The average molecular weight is 687 g/mol. The molecule has 16 nitrogen and oxygen atoms in total. The van der Waals surface area contributed by atoms with Crippen molar-refractivity contribution in [3.8, 4) is 0 Å². The third-order valence-corrected chi connectivity index (χ3v) is 5.47. The van der Waals surface area contributed by atoms with Gasteiger partial charge in [-0.3, -0.25) is 9.59 Å². The minimum Gasteiger partial charge on any atom is -0.481 e. The summed E-state index contributed by atoms with van der Waals surface area (Å²) in [5.74, 6) is -5.90. The maximum absolute atomic E-state index is 10.4. The molecule has 0 amide bonds. The Balaban J connectivity index is -0.000000551. The molecular formula is C32H46O16. The molecule has 0 aliphatic carbocycles. The number of aliphatic carboxylic acids is 2. The van der Waals surface area contributed by atoms with Crippen LogP contribution < -0.4 is 0 Å². The highest BCUT2D eigenvalue weighted by Gasteiger charge is 2.13. The number of carbonyl (C=O) groups is 6. The Morgan fingerprint density at radius 1 is 0.479 bits per heavy atom. The van der Waals surface area contributed by atoms with Crippen molar-refractivity contribution in [1.82, 2.24) is 0 Å². The van der Waals surface area contributed by atoms with Crippen LogP contribution in [0.3, 0.4) is 0 Å². The van der Waals surface area contributed by atoms with Gasteiger partial charge in [0.15, 0.2) is 0 Å². The summed E-state index contributed by atoms with van der Waals surface area (Å²) < 4.78 is 0. The van der Waals surface area contributed by atoms with Gasteiger partial charge in [0.2, 0.25) is 0 Å². The van der Waals surface area contributed by atoms with Crippen LogP contribution in [0.2, 0.25) is 0 Å². The second-order valence-electron chi connectivity index (χ2n) is 10.4. The lowest BCUT2D eigenvalue weighted by Crippen LogP contribution is -2.20. The van der Waals surface area contributed by atoms with E-state index in [-0.39, 0.29) is 66.9 Å². The number of aromatic carboxylic acids is 4. The lowest BCUT2D eigenvalue weighted by molar-refractivity contribution is -0.138. The summed E-state index contributed by atoms with van der Waals surface area (Å²) in [7, 11) is 0. The lowest BCUT2D eigenvalue weighted by Gasteiger charge is -2.16. The van der Waals surface area contributed by atoms with Crippen molar-refractivity contribution < 1.29 is 79.8 Å². The van der Waals surface area contributed by atoms with Crippen LogP contribution >= 0.6 is 0 Å². The maximum Gasteiger partial charge on any atom is 0.335 e. The summed E-state index contributed by atoms with van der Waals surface area (Å²) in [6.07, 6.45) is 4.53. The monoisotopic (exact) mass is 686 g/mol. The van der Waals surface area contributed by atoms with Crippen LogP contribution in [0.25, 0.3) is 0 Å². The van der Waals surface area contributed by atoms with E-state index in [1.165, 1.54) is 42.5 Å². The van der Waals surface area contributed by atoms with Gasteiger partial charge in [0.05, 0.1) is 48.7 Å². The van der Waals surface area contributed by atoms with Crippen molar-refractivity contribution in [3.05, 3.63) is 70.8 Å². The molecule has 16 heteroatoms. The molecule has 270 valence electrons. The van der Waals surface area contributed by atoms with E-state index in [1.807, 2.05) is 0 Å². The molecule has 10 N–H and O–H groups in total. The third-order valence-electron chi connectivity index (χ3n) is 5.47. The van der Waals surface area contributed by atoms with E-state index in [2.05, 4.69) is 0 Å². The largest absolute Gasteiger partial charge is 0.481 e. The molecule has 0 aromatic heterocycles. The summed E-state index contributed by atoms with van der Waals surface area (Å²) in [4.78, 5) is 61.6. The molecule has 0 fully saturated rings. The van der Waals surface area contributed by atoms with Gasteiger partial charge in [-0.2, -0.15) is 0 Å². The predicted molar refractivity (Wildman–Crippen MR) is 170 cm³/mol. The zero-order valence-electron chi connectivity index (χ0n) is 26.8. The Bertz CT molecular complexity index is 1150.